The predicted octanol–water partition coefficient (Wildman–Crippen LogP) is 3.60. The number of halogens is 1. The molecule has 0 aliphatic carbocycles. The summed E-state index contributed by atoms with van der Waals surface area (Å²) in [5.74, 6) is -0.00498. The van der Waals surface area contributed by atoms with E-state index in [1.54, 1.807) is 12.1 Å². The van der Waals surface area contributed by atoms with Gasteiger partial charge in [-0.25, -0.2) is 0 Å². The maximum Gasteiger partial charge on any atom is 0.287 e. The number of hydrogen-bond acceptors (Lipinski definition) is 2. The van der Waals surface area contributed by atoms with Gasteiger partial charge in [-0.2, -0.15) is 0 Å². The molecule has 0 fully saturated rings. The van der Waals surface area contributed by atoms with E-state index in [4.69, 9.17) is 16.0 Å². The monoisotopic (exact) mass is 277 g/mol. The molecule has 1 atom stereocenters. The van der Waals surface area contributed by atoms with Crippen molar-refractivity contribution in [2.75, 3.05) is 0 Å². The lowest BCUT2D eigenvalue weighted by Crippen LogP contribution is -2.34. The molecule has 1 heterocycles. The van der Waals surface area contributed by atoms with Crippen LogP contribution in [0.2, 0.25) is 5.22 Å². The number of rotatable bonds is 4. The maximum atomic E-state index is 11.9. The molecule has 2 rings (SSSR count). The molecule has 4 heteroatoms. The zero-order valence-corrected chi connectivity index (χ0v) is 11.7. The standard InChI is InChI=1S/C15H16ClNO2/c1-10-5-3-4-6-12(10)9-11(2)17-15(18)13-7-8-14(16)19-13/h3-8,11H,9H2,1-2H3,(H,17,18). The molecule has 1 amide bonds. The van der Waals surface area contributed by atoms with Crippen LogP contribution in [0.4, 0.5) is 0 Å². The molecule has 1 N–H and O–H groups in total. The Morgan fingerprint density at radius 3 is 2.68 bits per heavy atom. The first-order valence-electron chi connectivity index (χ1n) is 6.17. The van der Waals surface area contributed by atoms with Crippen molar-refractivity contribution in [2.45, 2.75) is 26.3 Å². The summed E-state index contributed by atoms with van der Waals surface area (Å²) in [5, 5.41) is 3.11. The van der Waals surface area contributed by atoms with Gasteiger partial charge in [-0.1, -0.05) is 24.3 Å². The Kier molecular flexibility index (Phi) is 4.27. The molecular weight excluding hydrogens is 262 g/mol. The molecule has 1 unspecified atom stereocenters. The summed E-state index contributed by atoms with van der Waals surface area (Å²) in [6.45, 7) is 4.03. The third kappa shape index (κ3) is 3.61. The third-order valence-corrected chi connectivity index (χ3v) is 3.16. The van der Waals surface area contributed by atoms with E-state index < -0.39 is 0 Å². The minimum absolute atomic E-state index is 0.0254. The van der Waals surface area contributed by atoms with Crippen molar-refractivity contribution in [3.05, 3.63) is 58.5 Å². The summed E-state index contributed by atoms with van der Waals surface area (Å²) < 4.78 is 5.07. The smallest absolute Gasteiger partial charge is 0.287 e. The van der Waals surface area contributed by atoms with Gasteiger partial charge in [-0.15, -0.1) is 0 Å². The van der Waals surface area contributed by atoms with Crippen molar-refractivity contribution in [1.82, 2.24) is 5.32 Å². The first kappa shape index (κ1) is 13.7. The Morgan fingerprint density at radius 1 is 1.32 bits per heavy atom. The highest BCUT2D eigenvalue weighted by molar-refractivity contribution is 6.29. The molecule has 0 aliphatic rings. The minimum Gasteiger partial charge on any atom is -0.440 e. The van der Waals surface area contributed by atoms with Crippen molar-refractivity contribution in [1.29, 1.82) is 0 Å². The molecule has 19 heavy (non-hydrogen) atoms. The van der Waals surface area contributed by atoms with Gasteiger partial charge in [-0.3, -0.25) is 4.79 Å². The highest BCUT2D eigenvalue weighted by atomic mass is 35.5. The van der Waals surface area contributed by atoms with Crippen molar-refractivity contribution >= 4 is 17.5 Å². The van der Waals surface area contributed by atoms with Crippen LogP contribution in [0.3, 0.4) is 0 Å². The van der Waals surface area contributed by atoms with Gasteiger partial charge in [0.15, 0.2) is 11.0 Å². The molecule has 0 spiro atoms. The fourth-order valence-corrected chi connectivity index (χ4v) is 2.10. The van der Waals surface area contributed by atoms with Crippen LogP contribution in [-0.2, 0) is 6.42 Å². The van der Waals surface area contributed by atoms with Gasteiger partial charge in [0, 0.05) is 6.04 Å². The van der Waals surface area contributed by atoms with E-state index in [2.05, 4.69) is 24.4 Å². The van der Waals surface area contributed by atoms with Crippen LogP contribution in [0.15, 0.2) is 40.8 Å². The van der Waals surface area contributed by atoms with E-state index in [1.807, 2.05) is 19.1 Å². The van der Waals surface area contributed by atoms with Crippen LogP contribution in [-0.4, -0.2) is 11.9 Å². The second kappa shape index (κ2) is 5.93. The third-order valence-electron chi connectivity index (χ3n) is 2.96. The van der Waals surface area contributed by atoms with Gasteiger partial charge in [0.05, 0.1) is 0 Å². The number of aryl methyl sites for hydroxylation is 1. The summed E-state index contributed by atoms with van der Waals surface area (Å²) >= 11 is 5.64. The Hall–Kier alpha value is -1.74. The van der Waals surface area contributed by atoms with E-state index in [0.29, 0.717) is 0 Å². The summed E-state index contributed by atoms with van der Waals surface area (Å²) in [7, 11) is 0. The minimum atomic E-state index is -0.243. The zero-order valence-electron chi connectivity index (χ0n) is 10.9. The van der Waals surface area contributed by atoms with E-state index in [-0.39, 0.29) is 22.9 Å². The Bertz CT molecular complexity index is 577. The molecule has 2 aromatic rings. The molecular formula is C15H16ClNO2. The van der Waals surface area contributed by atoms with Crippen molar-refractivity contribution < 1.29 is 9.21 Å². The average molecular weight is 278 g/mol. The number of hydrogen-bond donors (Lipinski definition) is 1. The molecule has 0 saturated heterocycles. The predicted molar refractivity (Wildman–Crippen MR) is 75.5 cm³/mol. The Balaban J connectivity index is 1.96. The van der Waals surface area contributed by atoms with E-state index in [9.17, 15) is 4.79 Å². The van der Waals surface area contributed by atoms with Crippen LogP contribution in [0.5, 0.6) is 0 Å². The van der Waals surface area contributed by atoms with Gasteiger partial charge >= 0.3 is 0 Å². The lowest BCUT2D eigenvalue weighted by molar-refractivity contribution is 0.0912. The van der Waals surface area contributed by atoms with Gasteiger partial charge in [0.25, 0.3) is 5.91 Å². The van der Waals surface area contributed by atoms with E-state index in [0.717, 1.165) is 6.42 Å². The number of amides is 1. The van der Waals surface area contributed by atoms with E-state index in [1.165, 1.54) is 11.1 Å². The quantitative estimate of drug-likeness (QED) is 0.928. The second-order valence-electron chi connectivity index (χ2n) is 4.61. The van der Waals surface area contributed by atoms with Gasteiger partial charge in [-0.05, 0) is 55.1 Å². The number of benzene rings is 1. The van der Waals surface area contributed by atoms with Crippen LogP contribution in [0, 0.1) is 6.92 Å². The molecule has 3 nitrogen and oxygen atoms in total. The number of carbonyl (C=O) groups excluding carboxylic acids is 1. The van der Waals surface area contributed by atoms with Crippen LogP contribution >= 0.6 is 11.6 Å². The molecule has 0 radical (unpaired) electrons. The topological polar surface area (TPSA) is 42.2 Å². The van der Waals surface area contributed by atoms with Gasteiger partial charge in [0.2, 0.25) is 0 Å². The number of carbonyl (C=O) groups is 1. The summed E-state index contributed by atoms with van der Waals surface area (Å²) in [6, 6.07) is 11.3. The zero-order chi connectivity index (χ0) is 13.8. The maximum absolute atomic E-state index is 11.9. The molecule has 1 aromatic heterocycles. The SMILES string of the molecule is Cc1ccccc1CC(C)NC(=O)c1ccc(Cl)o1. The van der Waals surface area contributed by atoms with Crippen LogP contribution in [0.1, 0.15) is 28.6 Å². The fourth-order valence-electron chi connectivity index (χ4n) is 1.95. The van der Waals surface area contributed by atoms with Crippen molar-refractivity contribution in [3.63, 3.8) is 0 Å². The van der Waals surface area contributed by atoms with E-state index >= 15 is 0 Å². The van der Waals surface area contributed by atoms with Crippen LogP contribution in [0.25, 0.3) is 0 Å². The average Bonchev–Trinajstić information content (AvgIpc) is 2.79. The molecule has 100 valence electrons. The molecule has 0 aliphatic heterocycles. The highest BCUT2D eigenvalue weighted by Gasteiger charge is 2.14. The normalized spacial score (nSPS) is 12.2. The highest BCUT2D eigenvalue weighted by Crippen LogP contribution is 2.14. The lowest BCUT2D eigenvalue weighted by atomic mass is 10.0. The molecule has 0 bridgehead atoms. The van der Waals surface area contributed by atoms with Gasteiger partial charge < -0.3 is 9.73 Å². The van der Waals surface area contributed by atoms with Gasteiger partial charge in [0.1, 0.15) is 0 Å². The summed E-state index contributed by atoms with van der Waals surface area (Å²) in [6.07, 6.45) is 0.785. The lowest BCUT2D eigenvalue weighted by Gasteiger charge is -2.14. The van der Waals surface area contributed by atoms with Crippen molar-refractivity contribution in [2.24, 2.45) is 0 Å². The fraction of sp³-hybridized carbons (Fsp3) is 0.267. The van der Waals surface area contributed by atoms with Crippen LogP contribution < -0.4 is 5.32 Å². The first-order valence-corrected chi connectivity index (χ1v) is 6.55. The number of nitrogens with one attached hydrogen (secondary N) is 1. The first-order chi connectivity index (χ1) is 9.06. The Labute approximate surface area is 117 Å². The largest absolute Gasteiger partial charge is 0.440 e. The molecule has 0 saturated carbocycles. The summed E-state index contributed by atoms with van der Waals surface area (Å²) in [4.78, 5) is 11.9. The second-order valence-corrected chi connectivity index (χ2v) is 4.98. The Morgan fingerprint density at radius 2 is 2.05 bits per heavy atom. The summed E-state index contributed by atoms with van der Waals surface area (Å²) in [5.41, 5.74) is 2.46. The molecule has 1 aromatic carbocycles. The van der Waals surface area contributed by atoms with Crippen molar-refractivity contribution in [3.8, 4) is 0 Å². The number of furan rings is 1.